The summed E-state index contributed by atoms with van der Waals surface area (Å²) in [7, 11) is 0. The minimum atomic E-state index is -0.383. The van der Waals surface area contributed by atoms with E-state index >= 15 is 0 Å². The third kappa shape index (κ3) is 3.45. The molecule has 0 aliphatic carbocycles. The highest BCUT2D eigenvalue weighted by molar-refractivity contribution is 5.83. The van der Waals surface area contributed by atoms with E-state index in [0.717, 1.165) is 6.42 Å². The van der Waals surface area contributed by atoms with Gasteiger partial charge in [0.1, 0.15) is 6.04 Å². The van der Waals surface area contributed by atoms with Crippen LogP contribution in [0.3, 0.4) is 0 Å². The second-order valence-corrected chi connectivity index (χ2v) is 3.20. The first kappa shape index (κ1) is 11.3. The molecule has 15 heavy (non-hydrogen) atoms. The summed E-state index contributed by atoms with van der Waals surface area (Å²) in [5, 5.41) is 11.8. The molecule has 0 radical (unpaired) electrons. The van der Waals surface area contributed by atoms with Gasteiger partial charge in [0.15, 0.2) is 0 Å². The van der Waals surface area contributed by atoms with E-state index in [1.54, 1.807) is 6.92 Å². The Kier molecular flexibility index (Phi) is 3.90. The van der Waals surface area contributed by atoms with Gasteiger partial charge in [-0.1, -0.05) is 6.92 Å². The van der Waals surface area contributed by atoms with Crippen LogP contribution in [-0.4, -0.2) is 33.7 Å². The minimum absolute atomic E-state index is 0.0831. The predicted molar refractivity (Wildman–Crippen MR) is 57.2 cm³/mol. The van der Waals surface area contributed by atoms with Gasteiger partial charge < -0.3 is 16.4 Å². The van der Waals surface area contributed by atoms with Crippen LogP contribution >= 0.6 is 0 Å². The van der Waals surface area contributed by atoms with E-state index in [1.165, 1.54) is 0 Å². The molecule has 1 heterocycles. The highest BCUT2D eigenvalue weighted by atomic mass is 16.2. The summed E-state index contributed by atoms with van der Waals surface area (Å²) in [5.74, 6) is 0.463. The third-order valence-corrected chi connectivity index (χ3v) is 1.79. The van der Waals surface area contributed by atoms with Crippen LogP contribution in [0.4, 0.5) is 11.9 Å². The summed E-state index contributed by atoms with van der Waals surface area (Å²) >= 11 is 0. The van der Waals surface area contributed by atoms with E-state index in [0.29, 0.717) is 12.5 Å². The lowest BCUT2D eigenvalue weighted by Crippen LogP contribution is -2.38. The Balaban J connectivity index is 2.41. The lowest BCUT2D eigenvalue weighted by atomic mass is 10.3. The molecule has 0 saturated carbocycles. The average molecular weight is 212 g/mol. The van der Waals surface area contributed by atoms with Crippen LogP contribution < -0.4 is 16.4 Å². The van der Waals surface area contributed by atoms with Crippen LogP contribution in [0, 0.1) is 0 Å². The Morgan fingerprint density at radius 1 is 1.67 bits per heavy atom. The molecule has 1 aromatic heterocycles. The summed E-state index contributed by atoms with van der Waals surface area (Å²) in [6.45, 7) is 4.40. The van der Waals surface area contributed by atoms with Crippen LogP contribution in [0.15, 0.2) is 0 Å². The van der Waals surface area contributed by atoms with Crippen LogP contribution in [-0.2, 0) is 4.79 Å². The Morgan fingerprint density at radius 2 is 2.40 bits per heavy atom. The molecule has 0 fully saturated rings. The number of hydrogen-bond acceptors (Lipinski definition) is 5. The largest absolute Gasteiger partial charge is 0.368 e. The molecule has 7 nitrogen and oxygen atoms in total. The van der Waals surface area contributed by atoms with E-state index in [-0.39, 0.29) is 17.9 Å². The lowest BCUT2D eigenvalue weighted by molar-refractivity contribution is -0.121. The maximum absolute atomic E-state index is 11.4. The van der Waals surface area contributed by atoms with Crippen molar-refractivity contribution in [2.75, 3.05) is 17.6 Å². The highest BCUT2D eigenvalue weighted by Gasteiger charge is 2.13. The van der Waals surface area contributed by atoms with E-state index in [4.69, 9.17) is 5.73 Å². The maximum atomic E-state index is 11.4. The normalized spacial score (nSPS) is 12.1. The Morgan fingerprint density at radius 3 is 2.93 bits per heavy atom. The second-order valence-electron chi connectivity index (χ2n) is 3.20. The van der Waals surface area contributed by atoms with E-state index < -0.39 is 0 Å². The molecule has 0 bridgehead atoms. The summed E-state index contributed by atoms with van der Waals surface area (Å²) < 4.78 is 0. The summed E-state index contributed by atoms with van der Waals surface area (Å²) in [5.41, 5.74) is 5.34. The molecular weight excluding hydrogens is 196 g/mol. The van der Waals surface area contributed by atoms with Crippen molar-refractivity contribution >= 4 is 17.8 Å². The summed E-state index contributed by atoms with van der Waals surface area (Å²) in [4.78, 5) is 15.3. The van der Waals surface area contributed by atoms with Gasteiger partial charge in [-0.05, 0) is 13.3 Å². The predicted octanol–water partition coefficient (Wildman–Crippen LogP) is -0.286. The number of aromatic nitrogens is 3. The fraction of sp³-hybridized carbons (Fsp3) is 0.625. The van der Waals surface area contributed by atoms with Crippen molar-refractivity contribution in [2.24, 2.45) is 0 Å². The molecule has 0 aromatic carbocycles. The molecule has 1 atom stereocenters. The lowest BCUT2D eigenvalue weighted by Gasteiger charge is -2.11. The van der Waals surface area contributed by atoms with Crippen molar-refractivity contribution in [3.8, 4) is 0 Å². The van der Waals surface area contributed by atoms with Crippen molar-refractivity contribution in [1.29, 1.82) is 0 Å². The van der Waals surface area contributed by atoms with Crippen molar-refractivity contribution in [2.45, 2.75) is 26.3 Å². The SMILES string of the molecule is CCCNC(=O)C(C)Nc1n[nH]c(N)n1. The zero-order valence-electron chi connectivity index (χ0n) is 8.87. The molecule has 1 aromatic rings. The van der Waals surface area contributed by atoms with Crippen LogP contribution in [0.2, 0.25) is 0 Å². The van der Waals surface area contributed by atoms with Gasteiger partial charge in [0.05, 0.1) is 0 Å². The smallest absolute Gasteiger partial charge is 0.244 e. The number of H-pyrrole nitrogens is 1. The monoisotopic (exact) mass is 212 g/mol. The fourth-order valence-corrected chi connectivity index (χ4v) is 0.999. The number of carbonyl (C=O) groups is 1. The van der Waals surface area contributed by atoms with Gasteiger partial charge in [-0.25, -0.2) is 5.10 Å². The second kappa shape index (κ2) is 5.18. The van der Waals surface area contributed by atoms with Crippen molar-refractivity contribution in [1.82, 2.24) is 20.5 Å². The van der Waals surface area contributed by atoms with Gasteiger partial charge in [0, 0.05) is 6.54 Å². The van der Waals surface area contributed by atoms with Gasteiger partial charge in [0.2, 0.25) is 17.8 Å². The molecule has 84 valence electrons. The zero-order chi connectivity index (χ0) is 11.3. The molecule has 0 spiro atoms. The quantitative estimate of drug-likeness (QED) is 0.536. The summed E-state index contributed by atoms with van der Waals surface area (Å²) in [6.07, 6.45) is 0.909. The number of nitrogens with two attached hydrogens (primary N) is 1. The zero-order valence-corrected chi connectivity index (χ0v) is 8.87. The molecular formula is C8H16N6O. The number of hydrogen-bond donors (Lipinski definition) is 4. The number of carbonyl (C=O) groups excluding carboxylic acids is 1. The van der Waals surface area contributed by atoms with Crippen LogP contribution in [0.25, 0.3) is 0 Å². The number of aromatic amines is 1. The number of nitrogen functional groups attached to an aromatic ring is 1. The molecule has 1 unspecified atom stereocenters. The first-order valence-electron chi connectivity index (χ1n) is 4.85. The van der Waals surface area contributed by atoms with Crippen molar-refractivity contribution < 1.29 is 4.79 Å². The topological polar surface area (TPSA) is 109 Å². The Bertz CT molecular complexity index is 323. The number of amides is 1. The fourth-order valence-electron chi connectivity index (χ4n) is 0.999. The summed E-state index contributed by atoms with van der Waals surface area (Å²) in [6, 6.07) is -0.383. The molecule has 1 rings (SSSR count). The maximum Gasteiger partial charge on any atom is 0.244 e. The van der Waals surface area contributed by atoms with Gasteiger partial charge in [-0.15, -0.1) is 5.10 Å². The number of nitrogens with zero attached hydrogens (tertiary/aromatic N) is 2. The highest BCUT2D eigenvalue weighted by Crippen LogP contribution is 2.01. The molecule has 1 amide bonds. The van der Waals surface area contributed by atoms with Gasteiger partial charge in [-0.3, -0.25) is 4.79 Å². The number of anilines is 2. The Hall–Kier alpha value is -1.79. The van der Waals surface area contributed by atoms with E-state index in [2.05, 4.69) is 25.8 Å². The molecule has 0 saturated heterocycles. The molecule has 7 heteroatoms. The molecule has 0 aliphatic heterocycles. The van der Waals surface area contributed by atoms with Crippen LogP contribution in [0.1, 0.15) is 20.3 Å². The van der Waals surface area contributed by atoms with Crippen molar-refractivity contribution in [3.63, 3.8) is 0 Å². The van der Waals surface area contributed by atoms with Crippen LogP contribution in [0.5, 0.6) is 0 Å². The molecule has 5 N–H and O–H groups in total. The average Bonchev–Trinajstić information content (AvgIpc) is 2.60. The number of nitrogens with one attached hydrogen (secondary N) is 3. The van der Waals surface area contributed by atoms with E-state index in [1.807, 2.05) is 6.92 Å². The van der Waals surface area contributed by atoms with E-state index in [9.17, 15) is 4.79 Å². The van der Waals surface area contributed by atoms with Gasteiger partial charge in [0.25, 0.3) is 0 Å². The van der Waals surface area contributed by atoms with Gasteiger partial charge >= 0.3 is 0 Å². The van der Waals surface area contributed by atoms with Crippen molar-refractivity contribution in [3.05, 3.63) is 0 Å². The molecule has 0 aliphatic rings. The third-order valence-electron chi connectivity index (χ3n) is 1.79. The first-order chi connectivity index (χ1) is 7.13. The first-order valence-corrected chi connectivity index (χ1v) is 4.85. The standard InChI is InChI=1S/C8H16N6O/c1-3-4-10-6(15)5(2)11-8-12-7(9)13-14-8/h5H,3-4H2,1-2H3,(H,10,15)(H4,9,11,12,13,14). The minimum Gasteiger partial charge on any atom is -0.368 e. The number of rotatable bonds is 5. The van der Waals surface area contributed by atoms with Gasteiger partial charge in [-0.2, -0.15) is 4.98 Å². The Labute approximate surface area is 87.8 Å².